The molecule has 0 aliphatic rings. The molecular weight excluding hydrogens is 288 g/mol. The Morgan fingerprint density at radius 2 is 1.95 bits per heavy atom. The third-order valence-electron chi connectivity index (χ3n) is 3.08. The van der Waals surface area contributed by atoms with Crippen molar-refractivity contribution in [3.8, 4) is 0 Å². The van der Waals surface area contributed by atoms with E-state index in [1.165, 1.54) is 11.3 Å². The molecule has 5 heteroatoms. The van der Waals surface area contributed by atoms with Crippen LogP contribution in [0.3, 0.4) is 0 Å². The molecule has 0 fully saturated rings. The molecule has 0 aliphatic carbocycles. The summed E-state index contributed by atoms with van der Waals surface area (Å²) in [5.74, 6) is -0.146. The number of rotatable bonds is 4. The molecule has 1 unspecified atom stereocenters. The lowest BCUT2D eigenvalue weighted by molar-refractivity contribution is 0.0951. The zero-order chi connectivity index (χ0) is 14.7. The predicted octanol–water partition coefficient (Wildman–Crippen LogP) is 3.12. The molecule has 2 aromatic rings. The summed E-state index contributed by atoms with van der Waals surface area (Å²) in [6, 6.07) is 10.9. The number of amides is 1. The van der Waals surface area contributed by atoms with Crippen LogP contribution >= 0.6 is 23.6 Å². The SMILES string of the molecule is Cc1cc(C(=O)NC(C(N)=S)c2ccccc2)sc1C. The number of thiocarbonyl (C=S) groups is 1. The fourth-order valence-electron chi connectivity index (χ4n) is 1.85. The van der Waals surface area contributed by atoms with E-state index in [1.54, 1.807) is 0 Å². The molecule has 0 radical (unpaired) electrons. The summed E-state index contributed by atoms with van der Waals surface area (Å²) < 4.78 is 0. The van der Waals surface area contributed by atoms with Crippen molar-refractivity contribution < 1.29 is 4.79 Å². The van der Waals surface area contributed by atoms with Crippen molar-refractivity contribution in [2.75, 3.05) is 0 Å². The fraction of sp³-hybridized carbons (Fsp3) is 0.200. The molecule has 2 rings (SSSR count). The molecule has 1 aromatic heterocycles. The minimum atomic E-state index is -0.443. The summed E-state index contributed by atoms with van der Waals surface area (Å²) in [5.41, 5.74) is 7.76. The van der Waals surface area contributed by atoms with Gasteiger partial charge in [0.2, 0.25) is 0 Å². The van der Waals surface area contributed by atoms with E-state index in [-0.39, 0.29) is 10.9 Å². The molecule has 20 heavy (non-hydrogen) atoms. The van der Waals surface area contributed by atoms with Crippen LogP contribution in [0, 0.1) is 13.8 Å². The molecule has 3 nitrogen and oxygen atoms in total. The Kier molecular flexibility index (Phi) is 4.52. The highest BCUT2D eigenvalue weighted by Crippen LogP contribution is 2.22. The predicted molar refractivity (Wildman–Crippen MR) is 87.2 cm³/mol. The molecule has 1 heterocycles. The van der Waals surface area contributed by atoms with Crippen LogP contribution < -0.4 is 11.1 Å². The summed E-state index contributed by atoms with van der Waals surface area (Å²) in [6.45, 7) is 3.99. The maximum atomic E-state index is 12.3. The van der Waals surface area contributed by atoms with Gasteiger partial charge in [-0.3, -0.25) is 4.79 Å². The molecule has 0 saturated heterocycles. The minimum Gasteiger partial charge on any atom is -0.391 e. The number of nitrogens with two attached hydrogens (primary N) is 1. The number of hydrogen-bond acceptors (Lipinski definition) is 3. The number of thiophene rings is 1. The Balaban J connectivity index is 2.21. The number of carbonyl (C=O) groups is 1. The molecule has 0 bridgehead atoms. The monoisotopic (exact) mass is 304 g/mol. The molecule has 1 atom stereocenters. The number of carbonyl (C=O) groups excluding carboxylic acids is 1. The van der Waals surface area contributed by atoms with Crippen LogP contribution in [0.4, 0.5) is 0 Å². The van der Waals surface area contributed by atoms with E-state index in [1.807, 2.05) is 50.2 Å². The first-order valence-corrected chi connectivity index (χ1v) is 7.43. The number of aryl methyl sites for hydroxylation is 2. The highest BCUT2D eigenvalue weighted by Gasteiger charge is 2.19. The van der Waals surface area contributed by atoms with E-state index in [0.29, 0.717) is 4.88 Å². The van der Waals surface area contributed by atoms with E-state index in [2.05, 4.69) is 5.32 Å². The van der Waals surface area contributed by atoms with Crippen molar-refractivity contribution in [3.05, 3.63) is 57.3 Å². The molecule has 0 aliphatic heterocycles. The lowest BCUT2D eigenvalue weighted by atomic mass is 10.1. The van der Waals surface area contributed by atoms with Gasteiger partial charge in [-0.05, 0) is 31.0 Å². The zero-order valence-corrected chi connectivity index (χ0v) is 13.0. The Hall–Kier alpha value is -1.72. The van der Waals surface area contributed by atoms with Crippen molar-refractivity contribution in [3.63, 3.8) is 0 Å². The van der Waals surface area contributed by atoms with Crippen LogP contribution in [-0.2, 0) is 0 Å². The Bertz CT molecular complexity index is 615. The first kappa shape index (κ1) is 14.7. The second-order valence-corrected chi connectivity index (χ2v) is 6.30. The van der Waals surface area contributed by atoms with Crippen molar-refractivity contribution in [1.29, 1.82) is 0 Å². The second-order valence-electron chi connectivity index (χ2n) is 4.57. The summed E-state index contributed by atoms with van der Waals surface area (Å²) in [7, 11) is 0. The molecular formula is C15H16N2OS2. The van der Waals surface area contributed by atoms with E-state index < -0.39 is 6.04 Å². The Morgan fingerprint density at radius 1 is 1.30 bits per heavy atom. The van der Waals surface area contributed by atoms with Gasteiger partial charge in [0, 0.05) is 4.88 Å². The van der Waals surface area contributed by atoms with Crippen LogP contribution in [-0.4, -0.2) is 10.9 Å². The zero-order valence-electron chi connectivity index (χ0n) is 11.3. The molecule has 0 saturated carbocycles. The second kappa shape index (κ2) is 6.15. The number of hydrogen-bond donors (Lipinski definition) is 2. The number of nitrogens with one attached hydrogen (secondary N) is 1. The van der Waals surface area contributed by atoms with Crippen molar-refractivity contribution >= 4 is 34.5 Å². The van der Waals surface area contributed by atoms with E-state index in [0.717, 1.165) is 16.0 Å². The van der Waals surface area contributed by atoms with Crippen molar-refractivity contribution in [1.82, 2.24) is 5.32 Å². The number of benzene rings is 1. The van der Waals surface area contributed by atoms with Gasteiger partial charge in [0.05, 0.1) is 4.88 Å². The largest absolute Gasteiger partial charge is 0.391 e. The Morgan fingerprint density at radius 3 is 2.45 bits per heavy atom. The van der Waals surface area contributed by atoms with Gasteiger partial charge < -0.3 is 11.1 Å². The Labute approximate surface area is 127 Å². The normalized spacial score (nSPS) is 11.9. The van der Waals surface area contributed by atoms with Gasteiger partial charge in [-0.15, -0.1) is 11.3 Å². The van der Waals surface area contributed by atoms with Gasteiger partial charge >= 0.3 is 0 Å². The molecule has 104 valence electrons. The lowest BCUT2D eigenvalue weighted by Crippen LogP contribution is -2.36. The topological polar surface area (TPSA) is 55.1 Å². The molecule has 1 aromatic carbocycles. The maximum Gasteiger partial charge on any atom is 0.262 e. The van der Waals surface area contributed by atoms with Crippen LogP contribution in [0.25, 0.3) is 0 Å². The van der Waals surface area contributed by atoms with Gasteiger partial charge in [-0.25, -0.2) is 0 Å². The van der Waals surface area contributed by atoms with Crippen LogP contribution in [0.5, 0.6) is 0 Å². The van der Waals surface area contributed by atoms with Gasteiger partial charge in [-0.2, -0.15) is 0 Å². The highest BCUT2D eigenvalue weighted by molar-refractivity contribution is 7.80. The van der Waals surface area contributed by atoms with Crippen molar-refractivity contribution in [2.24, 2.45) is 5.73 Å². The lowest BCUT2D eigenvalue weighted by Gasteiger charge is -2.17. The molecule has 0 spiro atoms. The average Bonchev–Trinajstić information content (AvgIpc) is 2.76. The maximum absolute atomic E-state index is 12.3. The molecule has 1 amide bonds. The van der Waals surface area contributed by atoms with E-state index in [9.17, 15) is 4.79 Å². The van der Waals surface area contributed by atoms with Gasteiger partial charge in [0.25, 0.3) is 5.91 Å². The van der Waals surface area contributed by atoms with Gasteiger partial charge in [-0.1, -0.05) is 42.5 Å². The summed E-state index contributed by atoms with van der Waals surface area (Å²) in [6.07, 6.45) is 0. The quantitative estimate of drug-likeness (QED) is 0.853. The summed E-state index contributed by atoms with van der Waals surface area (Å²) in [5, 5.41) is 2.89. The van der Waals surface area contributed by atoms with Crippen LogP contribution in [0.15, 0.2) is 36.4 Å². The highest BCUT2D eigenvalue weighted by atomic mass is 32.1. The third kappa shape index (κ3) is 3.23. The van der Waals surface area contributed by atoms with Crippen LogP contribution in [0.2, 0.25) is 0 Å². The van der Waals surface area contributed by atoms with E-state index in [4.69, 9.17) is 18.0 Å². The molecule has 3 N–H and O–H groups in total. The third-order valence-corrected chi connectivity index (χ3v) is 4.47. The summed E-state index contributed by atoms with van der Waals surface area (Å²) in [4.78, 5) is 14.4. The van der Waals surface area contributed by atoms with Gasteiger partial charge in [0.15, 0.2) is 0 Å². The first-order chi connectivity index (χ1) is 9.49. The van der Waals surface area contributed by atoms with Crippen molar-refractivity contribution in [2.45, 2.75) is 19.9 Å². The average molecular weight is 304 g/mol. The summed E-state index contributed by atoms with van der Waals surface area (Å²) >= 11 is 6.54. The first-order valence-electron chi connectivity index (χ1n) is 6.21. The van der Waals surface area contributed by atoms with E-state index >= 15 is 0 Å². The van der Waals surface area contributed by atoms with Crippen LogP contribution in [0.1, 0.15) is 31.7 Å². The minimum absolute atomic E-state index is 0.146. The smallest absolute Gasteiger partial charge is 0.262 e. The fourth-order valence-corrected chi connectivity index (χ4v) is 2.98. The standard InChI is InChI=1S/C15H16N2OS2/c1-9-8-12(20-10(9)2)15(18)17-13(14(16)19)11-6-4-3-5-7-11/h3-8,13H,1-2H3,(H2,16,19)(H,17,18). The van der Waals surface area contributed by atoms with Gasteiger partial charge in [0.1, 0.15) is 11.0 Å².